The van der Waals surface area contributed by atoms with Crippen LogP contribution in [0.4, 0.5) is 0 Å². The normalized spacial score (nSPS) is 12.1. The number of benzene rings is 1. The maximum absolute atomic E-state index is 11.6. The van der Waals surface area contributed by atoms with Gasteiger partial charge in [0.15, 0.2) is 6.23 Å². The molecule has 1 amide bonds. The molecule has 1 rings (SSSR count). The summed E-state index contributed by atoms with van der Waals surface area (Å²) in [6.45, 7) is 0.328. The Morgan fingerprint density at radius 3 is 2.53 bits per heavy atom. The summed E-state index contributed by atoms with van der Waals surface area (Å²) in [6, 6.07) is 8.98. The molecule has 4 heteroatoms. The predicted molar refractivity (Wildman–Crippen MR) is 56.6 cm³/mol. The summed E-state index contributed by atoms with van der Waals surface area (Å²) < 4.78 is 9.92. The molecule has 0 aliphatic heterocycles. The highest BCUT2D eigenvalue weighted by atomic mass is 16.5. The van der Waals surface area contributed by atoms with Crippen LogP contribution in [-0.4, -0.2) is 33.0 Å². The third-order valence-corrected chi connectivity index (χ3v) is 1.93. The van der Waals surface area contributed by atoms with Gasteiger partial charge in [0, 0.05) is 19.8 Å². The van der Waals surface area contributed by atoms with Crippen molar-refractivity contribution in [3.8, 4) is 0 Å². The van der Waals surface area contributed by atoms with Gasteiger partial charge in [0.1, 0.15) is 0 Å². The smallest absolute Gasteiger partial charge is 0.253 e. The van der Waals surface area contributed by atoms with Gasteiger partial charge in [-0.25, -0.2) is 0 Å². The van der Waals surface area contributed by atoms with Crippen LogP contribution in [0.15, 0.2) is 30.3 Å². The molecular weight excluding hydrogens is 194 g/mol. The average Bonchev–Trinajstić information content (AvgIpc) is 2.29. The molecule has 1 unspecified atom stereocenters. The molecule has 0 aliphatic rings. The van der Waals surface area contributed by atoms with Crippen molar-refractivity contribution in [2.75, 3.05) is 20.8 Å². The number of methoxy groups -OCH3 is 2. The van der Waals surface area contributed by atoms with E-state index in [0.717, 1.165) is 0 Å². The molecule has 0 saturated heterocycles. The highest BCUT2D eigenvalue weighted by Gasteiger charge is 2.11. The highest BCUT2D eigenvalue weighted by Crippen LogP contribution is 1.99. The number of amides is 1. The Kier molecular flexibility index (Phi) is 4.80. The molecule has 15 heavy (non-hydrogen) atoms. The lowest BCUT2D eigenvalue weighted by molar-refractivity contribution is 0.00864. The van der Waals surface area contributed by atoms with Crippen molar-refractivity contribution in [1.82, 2.24) is 5.32 Å². The summed E-state index contributed by atoms with van der Waals surface area (Å²) in [5, 5.41) is 2.70. The third kappa shape index (κ3) is 3.69. The van der Waals surface area contributed by atoms with Crippen molar-refractivity contribution < 1.29 is 14.3 Å². The van der Waals surface area contributed by atoms with Crippen LogP contribution in [0, 0.1) is 0 Å². The minimum atomic E-state index is -0.414. The van der Waals surface area contributed by atoms with Crippen LogP contribution in [0.2, 0.25) is 0 Å². The summed E-state index contributed by atoms with van der Waals surface area (Å²) in [6.07, 6.45) is -0.414. The van der Waals surface area contributed by atoms with Gasteiger partial charge in [-0.15, -0.1) is 0 Å². The lowest BCUT2D eigenvalue weighted by Gasteiger charge is -2.15. The maximum atomic E-state index is 11.6. The summed E-state index contributed by atoms with van der Waals surface area (Å²) in [4.78, 5) is 11.6. The van der Waals surface area contributed by atoms with Crippen LogP contribution in [0.1, 0.15) is 10.4 Å². The number of rotatable bonds is 5. The number of nitrogens with one attached hydrogen (secondary N) is 1. The van der Waals surface area contributed by atoms with Crippen molar-refractivity contribution in [1.29, 1.82) is 0 Å². The van der Waals surface area contributed by atoms with E-state index < -0.39 is 6.23 Å². The Bertz CT molecular complexity index is 300. The van der Waals surface area contributed by atoms with Crippen LogP contribution >= 0.6 is 0 Å². The molecule has 0 bridgehead atoms. The number of ether oxygens (including phenoxy) is 2. The zero-order valence-electron chi connectivity index (χ0n) is 8.90. The first kappa shape index (κ1) is 11.7. The first-order valence-corrected chi connectivity index (χ1v) is 4.65. The topological polar surface area (TPSA) is 47.6 Å². The molecule has 82 valence electrons. The molecule has 0 aromatic heterocycles. The molecule has 1 aromatic rings. The number of carbonyl (C=O) groups excluding carboxylic acids is 1. The minimum absolute atomic E-state index is 0.167. The largest absolute Gasteiger partial charge is 0.380 e. The van der Waals surface area contributed by atoms with Crippen LogP contribution in [-0.2, 0) is 9.47 Å². The molecule has 4 nitrogen and oxygen atoms in total. The zero-order chi connectivity index (χ0) is 11.1. The van der Waals surface area contributed by atoms with Crippen LogP contribution in [0.5, 0.6) is 0 Å². The molecule has 0 radical (unpaired) electrons. The van der Waals surface area contributed by atoms with Gasteiger partial charge in [-0.3, -0.25) is 4.79 Å². The molecule has 1 atom stereocenters. The van der Waals surface area contributed by atoms with E-state index in [1.807, 2.05) is 18.2 Å². The monoisotopic (exact) mass is 209 g/mol. The fraction of sp³-hybridized carbons (Fsp3) is 0.364. The average molecular weight is 209 g/mol. The summed E-state index contributed by atoms with van der Waals surface area (Å²) >= 11 is 0. The second-order valence-electron chi connectivity index (χ2n) is 3.02. The van der Waals surface area contributed by atoms with Crippen molar-refractivity contribution in [3.63, 3.8) is 0 Å². The van der Waals surface area contributed by atoms with Crippen molar-refractivity contribution >= 4 is 5.91 Å². The number of hydrogen-bond acceptors (Lipinski definition) is 3. The first-order valence-electron chi connectivity index (χ1n) is 4.65. The van der Waals surface area contributed by atoms with Gasteiger partial charge in [-0.2, -0.15) is 0 Å². The maximum Gasteiger partial charge on any atom is 0.253 e. The fourth-order valence-electron chi connectivity index (χ4n) is 1.14. The van der Waals surface area contributed by atoms with E-state index in [0.29, 0.717) is 12.2 Å². The second kappa shape index (κ2) is 6.16. The van der Waals surface area contributed by atoms with E-state index in [1.54, 1.807) is 19.2 Å². The van der Waals surface area contributed by atoms with Gasteiger partial charge < -0.3 is 14.8 Å². The van der Waals surface area contributed by atoms with E-state index in [-0.39, 0.29) is 5.91 Å². The van der Waals surface area contributed by atoms with E-state index in [2.05, 4.69) is 5.32 Å². The number of hydrogen-bond donors (Lipinski definition) is 1. The Labute approximate surface area is 89.2 Å². The van der Waals surface area contributed by atoms with Crippen molar-refractivity contribution in [2.45, 2.75) is 6.23 Å². The Morgan fingerprint density at radius 1 is 1.33 bits per heavy atom. The van der Waals surface area contributed by atoms with E-state index in [9.17, 15) is 4.79 Å². The van der Waals surface area contributed by atoms with Crippen molar-refractivity contribution in [3.05, 3.63) is 35.9 Å². The van der Waals surface area contributed by atoms with Gasteiger partial charge in [-0.05, 0) is 12.1 Å². The molecule has 0 aliphatic carbocycles. The Morgan fingerprint density at radius 2 is 2.00 bits per heavy atom. The van der Waals surface area contributed by atoms with Gasteiger partial charge in [0.05, 0.1) is 6.61 Å². The quantitative estimate of drug-likeness (QED) is 0.737. The van der Waals surface area contributed by atoms with Gasteiger partial charge in [-0.1, -0.05) is 18.2 Å². The van der Waals surface area contributed by atoms with Gasteiger partial charge >= 0.3 is 0 Å². The van der Waals surface area contributed by atoms with E-state index in [1.165, 1.54) is 7.11 Å². The standard InChI is InChI=1S/C11H15NO3/c1-14-8-10(15-2)12-11(13)9-6-4-3-5-7-9/h3-7,10H,8H2,1-2H3,(H,12,13). The highest BCUT2D eigenvalue weighted by molar-refractivity contribution is 5.94. The van der Waals surface area contributed by atoms with Gasteiger partial charge in [0.2, 0.25) is 0 Å². The molecule has 1 N–H and O–H groups in total. The SMILES string of the molecule is COCC(NC(=O)c1ccccc1)OC. The van der Waals surface area contributed by atoms with Crippen LogP contribution in [0.25, 0.3) is 0 Å². The predicted octanol–water partition coefficient (Wildman–Crippen LogP) is 1.04. The third-order valence-electron chi connectivity index (χ3n) is 1.93. The Hall–Kier alpha value is -1.39. The summed E-state index contributed by atoms with van der Waals surface area (Å²) in [5.74, 6) is -0.167. The van der Waals surface area contributed by atoms with Crippen LogP contribution in [0.3, 0.4) is 0 Å². The van der Waals surface area contributed by atoms with E-state index >= 15 is 0 Å². The molecule has 0 spiro atoms. The van der Waals surface area contributed by atoms with Gasteiger partial charge in [0.25, 0.3) is 5.91 Å². The zero-order valence-corrected chi connectivity index (χ0v) is 8.90. The fourth-order valence-corrected chi connectivity index (χ4v) is 1.14. The molecule has 0 fully saturated rings. The van der Waals surface area contributed by atoms with Crippen LogP contribution < -0.4 is 5.32 Å². The molecule has 1 aromatic carbocycles. The molecule has 0 heterocycles. The second-order valence-corrected chi connectivity index (χ2v) is 3.02. The minimum Gasteiger partial charge on any atom is -0.380 e. The summed E-state index contributed by atoms with van der Waals surface area (Å²) in [5.41, 5.74) is 0.607. The first-order chi connectivity index (χ1) is 7.27. The molecule has 0 saturated carbocycles. The van der Waals surface area contributed by atoms with E-state index in [4.69, 9.17) is 9.47 Å². The number of carbonyl (C=O) groups is 1. The van der Waals surface area contributed by atoms with Crippen molar-refractivity contribution in [2.24, 2.45) is 0 Å². The lowest BCUT2D eigenvalue weighted by Crippen LogP contribution is -2.39. The molecular formula is C11H15NO3. The summed E-state index contributed by atoms with van der Waals surface area (Å²) in [7, 11) is 3.08. The lowest BCUT2D eigenvalue weighted by atomic mass is 10.2. The Balaban J connectivity index is 2.55.